The summed E-state index contributed by atoms with van der Waals surface area (Å²) < 4.78 is 5.86. The molecule has 0 saturated heterocycles. The van der Waals surface area contributed by atoms with E-state index in [1.54, 1.807) is 0 Å². The molecule has 0 aromatic rings. The molecule has 2 aliphatic carbocycles. The number of thioether (sulfide) groups is 1. The Kier molecular flexibility index (Phi) is 7.15. The molecule has 0 spiro atoms. The molecule has 0 heterocycles. The Hall–Kier alpha value is 0.230. The molecule has 0 aromatic heterocycles. The topological polar surface area (TPSA) is 41.5 Å². The van der Waals surface area contributed by atoms with E-state index in [9.17, 15) is 5.11 Å². The van der Waals surface area contributed by atoms with Gasteiger partial charge in [0.25, 0.3) is 0 Å². The van der Waals surface area contributed by atoms with Gasteiger partial charge in [-0.15, -0.1) is 0 Å². The lowest BCUT2D eigenvalue weighted by molar-refractivity contribution is -0.0283. The van der Waals surface area contributed by atoms with E-state index in [2.05, 4.69) is 18.5 Å². The van der Waals surface area contributed by atoms with Gasteiger partial charge >= 0.3 is 0 Å². The highest BCUT2D eigenvalue weighted by Gasteiger charge is 2.24. The Morgan fingerprint density at radius 3 is 2.60 bits per heavy atom. The van der Waals surface area contributed by atoms with Gasteiger partial charge in [0.1, 0.15) is 0 Å². The molecule has 118 valence electrons. The molecule has 2 fully saturated rings. The number of aliphatic hydroxyl groups excluding tert-OH is 1. The average Bonchev–Trinajstić information content (AvgIpc) is 2.92. The maximum absolute atomic E-state index is 10.0. The minimum absolute atomic E-state index is 0.359. The van der Waals surface area contributed by atoms with Crippen LogP contribution in [0, 0.1) is 5.92 Å². The van der Waals surface area contributed by atoms with Gasteiger partial charge < -0.3 is 15.2 Å². The van der Waals surface area contributed by atoms with E-state index < -0.39 is 0 Å². The molecule has 0 amide bonds. The fourth-order valence-electron chi connectivity index (χ4n) is 3.34. The number of rotatable bonds is 7. The van der Waals surface area contributed by atoms with Crippen molar-refractivity contribution in [1.29, 1.82) is 0 Å². The molecule has 3 unspecified atom stereocenters. The zero-order chi connectivity index (χ0) is 14.4. The molecule has 20 heavy (non-hydrogen) atoms. The Labute approximate surface area is 128 Å². The van der Waals surface area contributed by atoms with Gasteiger partial charge in [-0.3, -0.25) is 0 Å². The van der Waals surface area contributed by atoms with E-state index in [-0.39, 0.29) is 6.10 Å². The van der Waals surface area contributed by atoms with Crippen molar-refractivity contribution < 1.29 is 9.84 Å². The first-order chi connectivity index (χ1) is 9.67. The Balaban J connectivity index is 1.53. The van der Waals surface area contributed by atoms with Gasteiger partial charge in [-0.05, 0) is 57.1 Å². The van der Waals surface area contributed by atoms with Gasteiger partial charge in [-0.1, -0.05) is 6.92 Å². The van der Waals surface area contributed by atoms with Gasteiger partial charge in [0, 0.05) is 17.8 Å². The van der Waals surface area contributed by atoms with Crippen LogP contribution in [-0.2, 0) is 4.74 Å². The van der Waals surface area contributed by atoms with Crippen LogP contribution in [0.15, 0.2) is 0 Å². The largest absolute Gasteiger partial charge is 0.389 e. The second kappa shape index (κ2) is 8.62. The lowest BCUT2D eigenvalue weighted by atomic mass is 9.89. The van der Waals surface area contributed by atoms with Crippen LogP contribution in [0.4, 0.5) is 0 Å². The summed E-state index contributed by atoms with van der Waals surface area (Å²) in [6, 6.07) is 0.595. The van der Waals surface area contributed by atoms with Crippen molar-refractivity contribution in [3.63, 3.8) is 0 Å². The maximum Gasteiger partial charge on any atom is 0.0897 e. The zero-order valence-corrected chi connectivity index (χ0v) is 13.8. The highest BCUT2D eigenvalue weighted by Crippen LogP contribution is 2.28. The summed E-state index contributed by atoms with van der Waals surface area (Å²) in [5.74, 6) is 0.855. The SMILES string of the molecule is CSC1CCC(NCC(O)COC2CCC(C)CC2)C1. The molecule has 2 rings (SSSR count). The molecule has 3 nitrogen and oxygen atoms in total. The van der Waals surface area contributed by atoms with E-state index in [4.69, 9.17) is 4.74 Å². The summed E-state index contributed by atoms with van der Waals surface area (Å²) in [5.41, 5.74) is 0. The molecule has 3 atom stereocenters. The van der Waals surface area contributed by atoms with Crippen molar-refractivity contribution in [2.75, 3.05) is 19.4 Å². The van der Waals surface area contributed by atoms with Gasteiger partial charge in [-0.2, -0.15) is 11.8 Å². The number of nitrogens with one attached hydrogen (secondary N) is 1. The van der Waals surface area contributed by atoms with Crippen molar-refractivity contribution in [3.8, 4) is 0 Å². The first-order valence-electron chi connectivity index (χ1n) is 8.23. The van der Waals surface area contributed by atoms with Crippen molar-refractivity contribution in [3.05, 3.63) is 0 Å². The highest BCUT2D eigenvalue weighted by molar-refractivity contribution is 7.99. The Morgan fingerprint density at radius 1 is 1.20 bits per heavy atom. The summed E-state index contributed by atoms with van der Waals surface area (Å²) in [4.78, 5) is 0. The number of aliphatic hydroxyl groups is 1. The van der Waals surface area contributed by atoms with E-state index in [1.165, 1.54) is 44.9 Å². The molecule has 0 radical (unpaired) electrons. The third-order valence-electron chi connectivity index (χ3n) is 4.85. The Morgan fingerprint density at radius 2 is 1.95 bits per heavy atom. The average molecular weight is 301 g/mol. The van der Waals surface area contributed by atoms with Gasteiger partial charge in [-0.25, -0.2) is 0 Å². The fraction of sp³-hybridized carbons (Fsp3) is 1.00. The van der Waals surface area contributed by atoms with Crippen molar-refractivity contribution in [2.45, 2.75) is 75.4 Å². The quantitative estimate of drug-likeness (QED) is 0.759. The number of hydrogen-bond donors (Lipinski definition) is 2. The van der Waals surface area contributed by atoms with E-state index in [0.717, 1.165) is 11.2 Å². The maximum atomic E-state index is 10.0. The highest BCUT2D eigenvalue weighted by atomic mass is 32.2. The van der Waals surface area contributed by atoms with Crippen LogP contribution in [0.25, 0.3) is 0 Å². The normalized spacial score (nSPS) is 36.1. The minimum Gasteiger partial charge on any atom is -0.389 e. The van der Waals surface area contributed by atoms with Crippen molar-refractivity contribution in [1.82, 2.24) is 5.32 Å². The van der Waals surface area contributed by atoms with Gasteiger partial charge in [0.05, 0.1) is 18.8 Å². The predicted octanol–water partition coefficient (Wildman–Crippen LogP) is 2.82. The van der Waals surface area contributed by atoms with Crippen LogP contribution in [-0.4, -0.2) is 48.0 Å². The lowest BCUT2D eigenvalue weighted by Gasteiger charge is -2.27. The summed E-state index contributed by atoms with van der Waals surface area (Å²) >= 11 is 1.97. The van der Waals surface area contributed by atoms with Crippen LogP contribution >= 0.6 is 11.8 Å². The van der Waals surface area contributed by atoms with E-state index in [0.29, 0.717) is 25.3 Å². The smallest absolute Gasteiger partial charge is 0.0897 e. The zero-order valence-electron chi connectivity index (χ0n) is 13.0. The first kappa shape index (κ1) is 16.6. The fourth-order valence-corrected chi connectivity index (χ4v) is 4.14. The van der Waals surface area contributed by atoms with Crippen molar-refractivity contribution in [2.24, 2.45) is 5.92 Å². The van der Waals surface area contributed by atoms with Crippen LogP contribution in [0.1, 0.15) is 51.9 Å². The molecule has 4 heteroatoms. The third kappa shape index (κ3) is 5.55. The first-order valence-corrected chi connectivity index (χ1v) is 9.52. The molecule has 2 saturated carbocycles. The minimum atomic E-state index is -0.359. The standard InChI is InChI=1S/C16H31NO2S/c1-12-3-6-15(7-4-12)19-11-14(18)10-17-13-5-8-16(9-13)20-2/h12-18H,3-11H2,1-2H3. The summed E-state index contributed by atoms with van der Waals surface area (Å²) in [6.07, 6.45) is 10.9. The monoisotopic (exact) mass is 301 g/mol. The van der Waals surface area contributed by atoms with Crippen molar-refractivity contribution >= 4 is 11.8 Å². The third-order valence-corrected chi connectivity index (χ3v) is 5.94. The summed E-state index contributed by atoms with van der Waals surface area (Å²) in [5, 5.41) is 14.3. The molecule has 0 aromatic carbocycles. The van der Waals surface area contributed by atoms with Crippen LogP contribution < -0.4 is 5.32 Å². The molecule has 2 aliphatic rings. The second-order valence-corrected chi connectivity index (χ2v) is 7.78. The second-order valence-electron chi connectivity index (χ2n) is 6.64. The lowest BCUT2D eigenvalue weighted by Crippen LogP contribution is -2.37. The number of ether oxygens (including phenoxy) is 1. The molecular formula is C16H31NO2S. The summed E-state index contributed by atoms with van der Waals surface area (Å²) in [7, 11) is 0. The molecule has 2 N–H and O–H groups in total. The Bertz CT molecular complexity index is 263. The van der Waals surface area contributed by atoms with Crippen LogP contribution in [0.3, 0.4) is 0 Å². The van der Waals surface area contributed by atoms with Crippen LogP contribution in [0.5, 0.6) is 0 Å². The van der Waals surface area contributed by atoms with E-state index in [1.807, 2.05) is 11.8 Å². The number of hydrogen-bond acceptors (Lipinski definition) is 4. The van der Waals surface area contributed by atoms with Crippen LogP contribution in [0.2, 0.25) is 0 Å². The van der Waals surface area contributed by atoms with Gasteiger partial charge in [0.15, 0.2) is 0 Å². The van der Waals surface area contributed by atoms with Gasteiger partial charge in [0.2, 0.25) is 0 Å². The molecule has 0 bridgehead atoms. The molecule has 0 aliphatic heterocycles. The predicted molar refractivity (Wildman–Crippen MR) is 86.3 cm³/mol. The van der Waals surface area contributed by atoms with E-state index >= 15 is 0 Å². The molecular weight excluding hydrogens is 270 g/mol. The summed E-state index contributed by atoms with van der Waals surface area (Å²) in [6.45, 7) is 3.48.